The minimum atomic E-state index is -0.275. The van der Waals surface area contributed by atoms with Crippen LogP contribution in [0.4, 0.5) is 4.39 Å². The summed E-state index contributed by atoms with van der Waals surface area (Å²) in [5.74, 6) is 1.37. The Morgan fingerprint density at radius 3 is 2.21 bits per heavy atom. The van der Waals surface area contributed by atoms with E-state index in [2.05, 4.69) is 17.0 Å². The summed E-state index contributed by atoms with van der Waals surface area (Å²) in [7, 11) is 0. The molecule has 2 heterocycles. The Hall–Kier alpha value is -2.64. The predicted molar refractivity (Wildman–Crippen MR) is 129 cm³/mol. The summed E-state index contributed by atoms with van der Waals surface area (Å²) in [6.45, 7) is 8.79. The van der Waals surface area contributed by atoms with Crippen LogP contribution in [-0.2, 0) is 11.3 Å². The average Bonchev–Trinajstić information content (AvgIpc) is 3.12. The summed E-state index contributed by atoms with van der Waals surface area (Å²) in [6, 6.07) is 10.5. The van der Waals surface area contributed by atoms with Gasteiger partial charge in [-0.25, -0.2) is 4.39 Å². The van der Waals surface area contributed by atoms with E-state index < -0.39 is 0 Å². The first kappa shape index (κ1) is 24.5. The number of β-amino-alcohol motifs (C(OH)–C–C–N with tert-alkyl or cyclic N) is 1. The SMILES string of the molecule is CCOc1cc(CN2CCC3(CC2)CC(=O)N(CCO)C3)cc(OCC)c1-c1ccc(F)cc1. The molecule has 1 amide bonds. The van der Waals surface area contributed by atoms with Crippen molar-refractivity contribution in [2.45, 2.75) is 39.7 Å². The van der Waals surface area contributed by atoms with E-state index >= 15 is 0 Å². The second-order valence-electron chi connectivity index (χ2n) is 9.33. The largest absolute Gasteiger partial charge is 0.493 e. The number of halogens is 1. The molecule has 6 nitrogen and oxygen atoms in total. The fraction of sp³-hybridized carbons (Fsp3) is 0.519. The van der Waals surface area contributed by atoms with Gasteiger partial charge in [-0.05, 0) is 80.6 Å². The van der Waals surface area contributed by atoms with E-state index in [0.717, 1.165) is 67.2 Å². The topological polar surface area (TPSA) is 62.2 Å². The standard InChI is InChI=1S/C27H35FN2O4/c1-3-33-23-15-20(16-24(34-4-2)26(23)21-5-7-22(28)8-6-21)18-29-11-9-27(10-12-29)17-25(32)30(19-27)13-14-31/h5-8,15-16,31H,3-4,9-14,17-19H2,1-2H3. The van der Waals surface area contributed by atoms with E-state index in [9.17, 15) is 14.3 Å². The monoisotopic (exact) mass is 470 g/mol. The highest BCUT2D eigenvalue weighted by atomic mass is 19.1. The van der Waals surface area contributed by atoms with Crippen molar-refractivity contribution in [2.24, 2.45) is 5.41 Å². The minimum Gasteiger partial charge on any atom is -0.493 e. The van der Waals surface area contributed by atoms with E-state index in [0.29, 0.717) is 26.2 Å². The lowest BCUT2D eigenvalue weighted by Gasteiger charge is -2.39. The Kier molecular flexibility index (Phi) is 7.73. The fourth-order valence-electron chi connectivity index (χ4n) is 5.26. The number of rotatable bonds is 9. The van der Waals surface area contributed by atoms with Crippen molar-refractivity contribution in [1.82, 2.24) is 9.80 Å². The first-order chi connectivity index (χ1) is 16.5. The van der Waals surface area contributed by atoms with Crippen molar-refractivity contribution in [3.63, 3.8) is 0 Å². The number of piperidine rings is 1. The van der Waals surface area contributed by atoms with E-state index in [1.165, 1.54) is 12.1 Å². The highest BCUT2D eigenvalue weighted by Gasteiger charge is 2.44. The van der Waals surface area contributed by atoms with Crippen LogP contribution in [0.15, 0.2) is 36.4 Å². The van der Waals surface area contributed by atoms with Crippen LogP contribution >= 0.6 is 0 Å². The number of benzene rings is 2. The number of hydrogen-bond acceptors (Lipinski definition) is 5. The zero-order valence-electron chi connectivity index (χ0n) is 20.2. The number of carbonyl (C=O) groups excluding carboxylic acids is 1. The molecule has 2 saturated heterocycles. The molecule has 0 atom stereocenters. The number of carbonyl (C=O) groups is 1. The highest BCUT2D eigenvalue weighted by molar-refractivity contribution is 5.79. The van der Waals surface area contributed by atoms with Crippen LogP contribution in [0, 0.1) is 11.2 Å². The third kappa shape index (κ3) is 5.36. The van der Waals surface area contributed by atoms with Gasteiger partial charge in [-0.15, -0.1) is 0 Å². The molecule has 0 saturated carbocycles. The molecule has 2 aromatic carbocycles. The molecular formula is C27H35FN2O4. The molecule has 0 radical (unpaired) electrons. The van der Waals surface area contributed by atoms with Crippen molar-refractivity contribution >= 4 is 5.91 Å². The van der Waals surface area contributed by atoms with E-state index in [-0.39, 0.29) is 23.7 Å². The van der Waals surface area contributed by atoms with Crippen LogP contribution in [0.5, 0.6) is 11.5 Å². The third-order valence-corrected chi connectivity index (χ3v) is 6.96. The van der Waals surface area contributed by atoms with Crippen molar-refractivity contribution in [3.8, 4) is 22.6 Å². The number of aliphatic hydroxyl groups excluding tert-OH is 1. The Morgan fingerprint density at radius 2 is 1.65 bits per heavy atom. The van der Waals surface area contributed by atoms with Crippen molar-refractivity contribution in [1.29, 1.82) is 0 Å². The van der Waals surface area contributed by atoms with Gasteiger partial charge >= 0.3 is 0 Å². The summed E-state index contributed by atoms with van der Waals surface area (Å²) in [5.41, 5.74) is 2.86. The Bertz CT molecular complexity index is 960. The van der Waals surface area contributed by atoms with E-state index in [4.69, 9.17) is 9.47 Å². The predicted octanol–water partition coefficient (Wildman–Crippen LogP) is 4.10. The maximum atomic E-state index is 13.5. The molecule has 34 heavy (non-hydrogen) atoms. The quantitative estimate of drug-likeness (QED) is 0.598. The number of likely N-dealkylation sites (tertiary alicyclic amines) is 2. The summed E-state index contributed by atoms with van der Waals surface area (Å²) >= 11 is 0. The van der Waals surface area contributed by atoms with Crippen LogP contribution in [0.3, 0.4) is 0 Å². The fourth-order valence-corrected chi connectivity index (χ4v) is 5.26. The normalized spacial score (nSPS) is 18.0. The van der Waals surface area contributed by atoms with Crippen molar-refractivity contribution in [3.05, 3.63) is 47.8 Å². The third-order valence-electron chi connectivity index (χ3n) is 6.96. The van der Waals surface area contributed by atoms with Gasteiger partial charge < -0.3 is 19.5 Å². The minimum absolute atomic E-state index is 0.0200. The molecule has 2 aliphatic heterocycles. The maximum absolute atomic E-state index is 13.5. The molecule has 1 spiro atoms. The molecule has 0 aromatic heterocycles. The molecule has 0 bridgehead atoms. The second-order valence-corrected chi connectivity index (χ2v) is 9.33. The first-order valence-corrected chi connectivity index (χ1v) is 12.3. The molecule has 0 aliphatic carbocycles. The van der Waals surface area contributed by atoms with Gasteiger partial charge in [0.2, 0.25) is 5.91 Å². The van der Waals surface area contributed by atoms with Crippen LogP contribution < -0.4 is 9.47 Å². The number of nitrogens with zero attached hydrogens (tertiary/aromatic N) is 2. The number of hydrogen-bond donors (Lipinski definition) is 1. The second kappa shape index (κ2) is 10.7. The van der Waals surface area contributed by atoms with Crippen LogP contribution in [-0.4, -0.2) is 66.8 Å². The summed E-state index contributed by atoms with van der Waals surface area (Å²) in [4.78, 5) is 16.6. The molecule has 7 heteroatoms. The van der Waals surface area contributed by atoms with Gasteiger partial charge in [0.15, 0.2) is 0 Å². The Labute approximate surface area is 201 Å². The molecule has 2 aromatic rings. The van der Waals surface area contributed by atoms with Crippen LogP contribution in [0.25, 0.3) is 11.1 Å². The smallest absolute Gasteiger partial charge is 0.223 e. The molecule has 1 N–H and O–H groups in total. The van der Waals surface area contributed by atoms with Crippen LogP contribution in [0.1, 0.15) is 38.7 Å². The number of amides is 1. The molecule has 184 valence electrons. The Morgan fingerprint density at radius 1 is 1.03 bits per heavy atom. The molecule has 2 aliphatic rings. The zero-order chi connectivity index (χ0) is 24.1. The van der Waals surface area contributed by atoms with Crippen molar-refractivity contribution < 1.29 is 23.8 Å². The van der Waals surface area contributed by atoms with Gasteiger partial charge in [-0.1, -0.05) is 12.1 Å². The maximum Gasteiger partial charge on any atom is 0.223 e. The molecule has 0 unspecified atom stereocenters. The Balaban J connectivity index is 1.51. The summed E-state index contributed by atoms with van der Waals surface area (Å²) in [5, 5.41) is 9.22. The molecule has 2 fully saturated rings. The van der Waals surface area contributed by atoms with Gasteiger partial charge in [-0.2, -0.15) is 0 Å². The lowest BCUT2D eigenvalue weighted by Crippen LogP contribution is -2.41. The van der Waals surface area contributed by atoms with E-state index in [1.807, 2.05) is 18.7 Å². The van der Waals surface area contributed by atoms with Crippen LogP contribution in [0.2, 0.25) is 0 Å². The summed E-state index contributed by atoms with van der Waals surface area (Å²) < 4.78 is 25.5. The van der Waals surface area contributed by atoms with Gasteiger partial charge in [0.05, 0.1) is 25.4 Å². The zero-order valence-corrected chi connectivity index (χ0v) is 20.2. The summed E-state index contributed by atoms with van der Waals surface area (Å²) in [6.07, 6.45) is 2.55. The average molecular weight is 471 g/mol. The number of ether oxygens (including phenoxy) is 2. The van der Waals surface area contributed by atoms with Crippen molar-refractivity contribution in [2.75, 3.05) is 46.0 Å². The highest BCUT2D eigenvalue weighted by Crippen LogP contribution is 2.43. The lowest BCUT2D eigenvalue weighted by molar-refractivity contribution is -0.128. The van der Waals surface area contributed by atoms with Gasteiger partial charge in [0.1, 0.15) is 17.3 Å². The van der Waals surface area contributed by atoms with Gasteiger partial charge in [0.25, 0.3) is 0 Å². The molecule has 4 rings (SSSR count). The molecular weight excluding hydrogens is 435 g/mol. The van der Waals surface area contributed by atoms with E-state index in [1.54, 1.807) is 12.1 Å². The lowest BCUT2D eigenvalue weighted by atomic mass is 9.77. The first-order valence-electron chi connectivity index (χ1n) is 12.3. The van der Waals surface area contributed by atoms with Gasteiger partial charge in [-0.3, -0.25) is 9.69 Å². The van der Waals surface area contributed by atoms with Gasteiger partial charge in [0, 0.05) is 26.1 Å². The number of aliphatic hydroxyl groups is 1.